The van der Waals surface area contributed by atoms with Crippen molar-refractivity contribution in [3.05, 3.63) is 0 Å². The highest BCUT2D eigenvalue weighted by Crippen LogP contribution is 2.32. The zero-order valence-corrected chi connectivity index (χ0v) is 27.4. The maximum atomic E-state index is 12.3. The van der Waals surface area contributed by atoms with E-state index >= 15 is 0 Å². The van der Waals surface area contributed by atoms with E-state index < -0.39 is 155 Å². The fourth-order valence-corrected chi connectivity index (χ4v) is 5.89. The number of hydrogen-bond acceptors (Lipinski definition) is 20. The second-order valence-electron chi connectivity index (χ2n) is 12.4. The van der Waals surface area contributed by atoms with Crippen LogP contribution >= 0.6 is 0 Å². The number of aliphatic hydroxyl groups excluding tert-OH is 12. The van der Waals surface area contributed by atoms with Crippen molar-refractivity contribution in [3.63, 3.8) is 0 Å². The SMILES string of the molecule is CC(=O)N[C@H]1[C@H](O[C@@H]([C@H](O[C@@H]2O[C@@H](C)[C@@H](O)[C@@H](O)[C@@H]2O)[C@H](CO)NC(C)=O)[C@H](O)CO)O[C@H](CO)[C@@H](O[C@@H]2O[C@H](CO)[C@@H](O)[C@H](O)[C@@H]2O)[C@@H]1O. The van der Waals surface area contributed by atoms with Gasteiger partial charge in [-0.25, -0.2) is 0 Å². The Hall–Kier alpha value is -1.78. The first-order valence-electron chi connectivity index (χ1n) is 15.9. The van der Waals surface area contributed by atoms with Crippen LogP contribution in [0.2, 0.25) is 0 Å². The lowest BCUT2D eigenvalue weighted by Crippen LogP contribution is -2.69. The van der Waals surface area contributed by atoms with Crippen molar-refractivity contribution in [2.45, 2.75) is 137 Å². The Morgan fingerprint density at radius 1 is 0.660 bits per heavy atom. The summed E-state index contributed by atoms with van der Waals surface area (Å²) in [7, 11) is 0. The zero-order valence-electron chi connectivity index (χ0n) is 27.4. The minimum atomic E-state index is -1.97. The number of hydrogen-bond donors (Lipinski definition) is 14. The molecule has 0 saturated carbocycles. The fourth-order valence-electron chi connectivity index (χ4n) is 5.89. The van der Waals surface area contributed by atoms with Gasteiger partial charge in [0.05, 0.1) is 38.6 Å². The van der Waals surface area contributed by atoms with E-state index in [2.05, 4.69) is 10.6 Å². The highest BCUT2D eigenvalue weighted by atomic mass is 16.8. The largest absolute Gasteiger partial charge is 0.394 e. The summed E-state index contributed by atoms with van der Waals surface area (Å²) in [5.41, 5.74) is 0. The summed E-state index contributed by atoms with van der Waals surface area (Å²) in [5, 5.41) is 129. The Morgan fingerprint density at radius 2 is 1.22 bits per heavy atom. The molecule has 50 heavy (non-hydrogen) atoms. The molecule has 3 fully saturated rings. The van der Waals surface area contributed by atoms with Crippen molar-refractivity contribution in [2.75, 3.05) is 26.4 Å². The van der Waals surface area contributed by atoms with Crippen LogP contribution < -0.4 is 10.6 Å². The summed E-state index contributed by atoms with van der Waals surface area (Å²) in [6.45, 7) is -0.279. The lowest BCUT2D eigenvalue weighted by Gasteiger charge is -2.48. The van der Waals surface area contributed by atoms with Crippen LogP contribution in [0.25, 0.3) is 0 Å². The lowest BCUT2D eigenvalue weighted by atomic mass is 9.94. The highest BCUT2D eigenvalue weighted by molar-refractivity contribution is 5.73. The van der Waals surface area contributed by atoms with Crippen LogP contribution in [0, 0.1) is 0 Å². The molecule has 0 aromatic rings. The summed E-state index contributed by atoms with van der Waals surface area (Å²) >= 11 is 0. The molecule has 3 aliphatic rings. The first-order chi connectivity index (χ1) is 23.5. The van der Waals surface area contributed by atoms with Crippen molar-refractivity contribution < 1.29 is 99.3 Å². The van der Waals surface area contributed by atoms with Gasteiger partial charge in [-0.05, 0) is 6.92 Å². The summed E-state index contributed by atoms with van der Waals surface area (Å²) in [5.74, 6) is -1.50. The van der Waals surface area contributed by atoms with E-state index in [1.165, 1.54) is 6.92 Å². The monoisotopic (exact) mass is 734 g/mol. The quantitative estimate of drug-likeness (QED) is 0.0742. The Labute approximate surface area is 285 Å². The van der Waals surface area contributed by atoms with E-state index in [0.29, 0.717) is 0 Å². The van der Waals surface area contributed by atoms with E-state index in [4.69, 9.17) is 28.4 Å². The maximum absolute atomic E-state index is 12.3. The van der Waals surface area contributed by atoms with E-state index in [-0.39, 0.29) is 0 Å². The molecule has 3 saturated heterocycles. The highest BCUT2D eigenvalue weighted by Gasteiger charge is 2.53. The molecular weight excluding hydrogens is 684 g/mol. The van der Waals surface area contributed by atoms with E-state index in [0.717, 1.165) is 13.8 Å². The Kier molecular flexibility index (Phi) is 16.0. The Morgan fingerprint density at radius 3 is 1.76 bits per heavy atom. The van der Waals surface area contributed by atoms with Gasteiger partial charge in [-0.2, -0.15) is 0 Å². The van der Waals surface area contributed by atoms with Gasteiger partial charge < -0.3 is 100 Å². The van der Waals surface area contributed by atoms with Crippen LogP contribution in [0.5, 0.6) is 0 Å². The van der Waals surface area contributed by atoms with Gasteiger partial charge in [0.2, 0.25) is 11.8 Å². The first kappa shape index (κ1) is 42.6. The summed E-state index contributed by atoms with van der Waals surface area (Å²) in [6, 6.07) is -3.17. The van der Waals surface area contributed by atoms with Gasteiger partial charge in [0.1, 0.15) is 85.4 Å². The number of amides is 2. The smallest absolute Gasteiger partial charge is 0.217 e. The second-order valence-corrected chi connectivity index (χ2v) is 12.4. The van der Waals surface area contributed by atoms with Crippen molar-refractivity contribution in [1.29, 1.82) is 0 Å². The number of nitrogens with one attached hydrogen (secondary N) is 2. The third-order valence-corrected chi connectivity index (χ3v) is 8.63. The van der Waals surface area contributed by atoms with Gasteiger partial charge in [0.25, 0.3) is 0 Å². The van der Waals surface area contributed by atoms with Crippen LogP contribution in [0.3, 0.4) is 0 Å². The summed E-state index contributed by atoms with van der Waals surface area (Å²) in [4.78, 5) is 24.3. The molecule has 14 N–H and O–H groups in total. The van der Waals surface area contributed by atoms with Crippen molar-refractivity contribution in [3.8, 4) is 0 Å². The van der Waals surface area contributed by atoms with Crippen LogP contribution in [0.1, 0.15) is 20.8 Å². The molecule has 22 nitrogen and oxygen atoms in total. The minimum absolute atomic E-state index is 0.724. The Balaban J connectivity index is 1.99. The minimum Gasteiger partial charge on any atom is -0.394 e. The molecule has 3 aliphatic heterocycles. The third kappa shape index (κ3) is 9.80. The average Bonchev–Trinajstić information content (AvgIpc) is 3.08. The molecule has 19 atom stereocenters. The van der Waals surface area contributed by atoms with Gasteiger partial charge in [-0.1, -0.05) is 0 Å². The third-order valence-electron chi connectivity index (χ3n) is 8.63. The van der Waals surface area contributed by atoms with Gasteiger partial charge in [-0.3, -0.25) is 9.59 Å². The van der Waals surface area contributed by atoms with Gasteiger partial charge in [-0.15, -0.1) is 0 Å². The Bertz CT molecular complexity index is 1080. The standard InChI is InChI=1S/C28H50N2O20/c1-8-16(38)19(41)21(43)27(45-8)48-23(11(4-31)29-9(2)35)24(12(37)5-32)49-26-15(30-10(3)36)18(40)25(14(7-34)47-26)50-28-22(44)20(42)17(39)13(6-33)46-28/h8,11-28,31-34,37-44H,4-7H2,1-3H3,(H,29,35)(H,30,36)/t8-,11-,12+,13+,14+,15+,16+,17+,18+,19+,20-,21-,22-,23+,24+,25+,26-,27-,28-/m0/s1. The van der Waals surface area contributed by atoms with Crippen LogP contribution in [-0.4, -0.2) is 216 Å². The van der Waals surface area contributed by atoms with Gasteiger partial charge in [0, 0.05) is 13.8 Å². The number of carbonyl (C=O) groups is 2. The molecule has 0 aromatic carbocycles. The average molecular weight is 735 g/mol. The van der Waals surface area contributed by atoms with E-state index in [1.807, 2.05) is 0 Å². The lowest BCUT2D eigenvalue weighted by molar-refractivity contribution is -0.360. The molecule has 0 bridgehead atoms. The molecule has 2 amide bonds. The number of rotatable bonds is 15. The van der Waals surface area contributed by atoms with Gasteiger partial charge in [0.15, 0.2) is 18.9 Å². The molecule has 3 heterocycles. The maximum Gasteiger partial charge on any atom is 0.217 e. The van der Waals surface area contributed by atoms with E-state index in [1.54, 1.807) is 0 Å². The van der Waals surface area contributed by atoms with E-state index in [9.17, 15) is 70.9 Å². The predicted molar refractivity (Wildman–Crippen MR) is 158 cm³/mol. The first-order valence-corrected chi connectivity index (χ1v) is 15.9. The molecule has 3 rings (SSSR count). The normalized spacial score (nSPS) is 41.9. The molecule has 0 unspecified atom stereocenters. The summed E-state index contributed by atoms with van der Waals surface area (Å²) < 4.78 is 34.1. The second kappa shape index (κ2) is 18.8. The molecular formula is C28H50N2O20. The fraction of sp³-hybridized carbons (Fsp3) is 0.929. The van der Waals surface area contributed by atoms with Crippen molar-refractivity contribution >= 4 is 11.8 Å². The number of aliphatic hydroxyl groups is 12. The summed E-state index contributed by atoms with van der Waals surface area (Å²) in [6.07, 6.45) is -29.7. The molecule has 0 aromatic heterocycles. The van der Waals surface area contributed by atoms with Crippen LogP contribution in [-0.2, 0) is 38.0 Å². The van der Waals surface area contributed by atoms with Crippen LogP contribution in [0.4, 0.5) is 0 Å². The zero-order chi connectivity index (χ0) is 37.6. The topological polar surface area (TPSA) is 356 Å². The van der Waals surface area contributed by atoms with Crippen molar-refractivity contribution in [2.24, 2.45) is 0 Å². The molecule has 0 aliphatic carbocycles. The molecule has 292 valence electrons. The number of ether oxygens (including phenoxy) is 6. The predicted octanol–water partition coefficient (Wildman–Crippen LogP) is -8.80. The number of carbonyl (C=O) groups excluding carboxylic acids is 2. The van der Waals surface area contributed by atoms with Crippen LogP contribution in [0.15, 0.2) is 0 Å². The molecule has 0 radical (unpaired) electrons. The van der Waals surface area contributed by atoms with Gasteiger partial charge >= 0.3 is 0 Å². The molecule has 0 spiro atoms. The molecule has 22 heteroatoms. The van der Waals surface area contributed by atoms with Crippen molar-refractivity contribution in [1.82, 2.24) is 10.6 Å².